The SMILES string of the molecule is Brc1cc(CNCCc2ccccc2)cc2c1OCCO2. The molecule has 21 heavy (non-hydrogen) atoms. The fourth-order valence-electron chi connectivity index (χ4n) is 2.38. The molecule has 0 aromatic heterocycles. The van der Waals surface area contributed by atoms with Crippen LogP contribution >= 0.6 is 15.9 Å². The molecule has 0 saturated carbocycles. The van der Waals surface area contributed by atoms with Crippen molar-refractivity contribution in [1.82, 2.24) is 5.32 Å². The van der Waals surface area contributed by atoms with Gasteiger partial charge < -0.3 is 14.8 Å². The number of fused-ring (bicyclic) bond motifs is 1. The predicted molar refractivity (Wildman–Crippen MR) is 87.0 cm³/mol. The lowest BCUT2D eigenvalue weighted by Gasteiger charge is -2.20. The van der Waals surface area contributed by atoms with Crippen molar-refractivity contribution in [3.05, 3.63) is 58.1 Å². The summed E-state index contributed by atoms with van der Waals surface area (Å²) in [5.41, 5.74) is 2.55. The van der Waals surface area contributed by atoms with Crippen molar-refractivity contribution in [1.29, 1.82) is 0 Å². The van der Waals surface area contributed by atoms with Gasteiger partial charge in [-0.2, -0.15) is 0 Å². The molecule has 3 nitrogen and oxygen atoms in total. The highest BCUT2D eigenvalue weighted by Crippen LogP contribution is 2.38. The Morgan fingerprint density at radius 1 is 1.00 bits per heavy atom. The highest BCUT2D eigenvalue weighted by atomic mass is 79.9. The number of hydrogen-bond acceptors (Lipinski definition) is 3. The lowest BCUT2D eigenvalue weighted by molar-refractivity contribution is 0.170. The van der Waals surface area contributed by atoms with Gasteiger partial charge in [0.1, 0.15) is 13.2 Å². The smallest absolute Gasteiger partial charge is 0.175 e. The number of benzene rings is 2. The Kier molecular flexibility index (Phi) is 4.78. The van der Waals surface area contributed by atoms with Crippen LogP contribution in [0.25, 0.3) is 0 Å². The zero-order valence-corrected chi connectivity index (χ0v) is 13.4. The molecule has 1 aliphatic rings. The van der Waals surface area contributed by atoms with Gasteiger partial charge in [-0.05, 0) is 52.2 Å². The van der Waals surface area contributed by atoms with Crippen molar-refractivity contribution < 1.29 is 9.47 Å². The minimum atomic E-state index is 0.611. The van der Waals surface area contributed by atoms with Crippen LogP contribution in [0.2, 0.25) is 0 Å². The molecule has 0 bridgehead atoms. The van der Waals surface area contributed by atoms with Crippen molar-refractivity contribution in [2.75, 3.05) is 19.8 Å². The molecule has 1 aliphatic heterocycles. The number of ether oxygens (including phenoxy) is 2. The standard InChI is InChI=1S/C17H18BrNO2/c18-15-10-14(11-16-17(15)21-9-8-20-16)12-19-7-6-13-4-2-1-3-5-13/h1-5,10-11,19H,6-9,12H2. The van der Waals surface area contributed by atoms with Crippen LogP contribution in [0.3, 0.4) is 0 Å². The first-order chi connectivity index (χ1) is 10.3. The molecule has 0 spiro atoms. The van der Waals surface area contributed by atoms with Gasteiger partial charge in [0.15, 0.2) is 11.5 Å². The molecule has 4 heteroatoms. The summed E-state index contributed by atoms with van der Waals surface area (Å²) >= 11 is 3.55. The van der Waals surface area contributed by atoms with E-state index in [-0.39, 0.29) is 0 Å². The van der Waals surface area contributed by atoms with E-state index in [2.05, 4.69) is 57.6 Å². The third-order valence-corrected chi connectivity index (χ3v) is 4.01. The minimum Gasteiger partial charge on any atom is -0.486 e. The molecule has 2 aromatic carbocycles. The Morgan fingerprint density at radius 2 is 1.81 bits per heavy atom. The van der Waals surface area contributed by atoms with Gasteiger partial charge in [0, 0.05) is 6.54 Å². The van der Waals surface area contributed by atoms with Crippen molar-refractivity contribution in [2.45, 2.75) is 13.0 Å². The second kappa shape index (κ2) is 6.96. The lowest BCUT2D eigenvalue weighted by atomic mass is 10.1. The first-order valence-electron chi connectivity index (χ1n) is 7.15. The summed E-state index contributed by atoms with van der Waals surface area (Å²) in [5.74, 6) is 1.64. The Balaban J connectivity index is 1.55. The molecule has 1 heterocycles. The maximum atomic E-state index is 5.64. The van der Waals surface area contributed by atoms with E-state index in [4.69, 9.17) is 9.47 Å². The first kappa shape index (κ1) is 14.4. The van der Waals surface area contributed by atoms with Crippen LogP contribution < -0.4 is 14.8 Å². The first-order valence-corrected chi connectivity index (χ1v) is 7.95. The second-order valence-electron chi connectivity index (χ2n) is 5.01. The van der Waals surface area contributed by atoms with Gasteiger partial charge in [-0.15, -0.1) is 0 Å². The fraction of sp³-hybridized carbons (Fsp3) is 0.294. The molecule has 0 saturated heterocycles. The quantitative estimate of drug-likeness (QED) is 0.839. The number of nitrogens with one attached hydrogen (secondary N) is 1. The summed E-state index contributed by atoms with van der Waals surface area (Å²) in [4.78, 5) is 0. The highest BCUT2D eigenvalue weighted by Gasteiger charge is 2.15. The van der Waals surface area contributed by atoms with Crippen LogP contribution in [0.5, 0.6) is 11.5 Å². The molecular weight excluding hydrogens is 330 g/mol. The van der Waals surface area contributed by atoms with Crippen molar-refractivity contribution in [3.8, 4) is 11.5 Å². The van der Waals surface area contributed by atoms with E-state index < -0.39 is 0 Å². The molecule has 0 radical (unpaired) electrons. The van der Waals surface area contributed by atoms with E-state index in [1.54, 1.807) is 0 Å². The van der Waals surface area contributed by atoms with E-state index in [9.17, 15) is 0 Å². The summed E-state index contributed by atoms with van der Waals surface area (Å²) in [6.07, 6.45) is 1.03. The predicted octanol–water partition coefficient (Wildman–Crippen LogP) is 3.55. The van der Waals surface area contributed by atoms with Crippen molar-refractivity contribution >= 4 is 15.9 Å². The van der Waals surface area contributed by atoms with Gasteiger partial charge in [0.25, 0.3) is 0 Å². The van der Waals surface area contributed by atoms with Gasteiger partial charge in [-0.3, -0.25) is 0 Å². The third-order valence-electron chi connectivity index (χ3n) is 3.42. The van der Waals surface area contributed by atoms with Gasteiger partial charge >= 0.3 is 0 Å². The molecule has 0 unspecified atom stereocenters. The zero-order chi connectivity index (χ0) is 14.5. The molecule has 0 amide bonds. The van der Waals surface area contributed by atoms with E-state index in [0.29, 0.717) is 13.2 Å². The van der Waals surface area contributed by atoms with E-state index in [0.717, 1.165) is 35.5 Å². The maximum absolute atomic E-state index is 5.64. The Hall–Kier alpha value is -1.52. The van der Waals surface area contributed by atoms with Gasteiger partial charge in [-0.1, -0.05) is 30.3 Å². The third kappa shape index (κ3) is 3.77. The summed E-state index contributed by atoms with van der Waals surface area (Å²) in [6.45, 7) is 3.00. The normalized spacial score (nSPS) is 13.2. The molecule has 0 aliphatic carbocycles. The van der Waals surface area contributed by atoms with Crippen LogP contribution in [-0.4, -0.2) is 19.8 Å². The molecular formula is C17H18BrNO2. The van der Waals surface area contributed by atoms with Gasteiger partial charge in [0.05, 0.1) is 4.47 Å². The Morgan fingerprint density at radius 3 is 2.67 bits per heavy atom. The average molecular weight is 348 g/mol. The van der Waals surface area contributed by atoms with Crippen LogP contribution in [0, 0.1) is 0 Å². The number of halogens is 1. The van der Waals surface area contributed by atoms with Crippen LogP contribution in [0.4, 0.5) is 0 Å². The average Bonchev–Trinajstić information content (AvgIpc) is 2.53. The topological polar surface area (TPSA) is 30.5 Å². The summed E-state index contributed by atoms with van der Waals surface area (Å²) in [5, 5.41) is 3.47. The Labute approximate surface area is 133 Å². The van der Waals surface area contributed by atoms with Crippen LogP contribution in [0.1, 0.15) is 11.1 Å². The monoisotopic (exact) mass is 347 g/mol. The van der Waals surface area contributed by atoms with E-state index >= 15 is 0 Å². The van der Waals surface area contributed by atoms with Crippen molar-refractivity contribution in [3.63, 3.8) is 0 Å². The fourth-order valence-corrected chi connectivity index (χ4v) is 2.98. The molecule has 0 fully saturated rings. The van der Waals surface area contributed by atoms with Crippen LogP contribution in [-0.2, 0) is 13.0 Å². The van der Waals surface area contributed by atoms with Crippen LogP contribution in [0.15, 0.2) is 46.9 Å². The molecule has 1 N–H and O–H groups in total. The van der Waals surface area contributed by atoms with Gasteiger partial charge in [0.2, 0.25) is 0 Å². The minimum absolute atomic E-state index is 0.611. The number of hydrogen-bond donors (Lipinski definition) is 1. The second-order valence-corrected chi connectivity index (χ2v) is 5.87. The summed E-state index contributed by atoms with van der Waals surface area (Å²) in [6, 6.07) is 14.6. The molecule has 0 atom stereocenters. The molecule has 2 aromatic rings. The maximum Gasteiger partial charge on any atom is 0.175 e. The Bertz CT molecular complexity index is 601. The molecule has 3 rings (SSSR count). The van der Waals surface area contributed by atoms with E-state index in [1.807, 2.05) is 6.07 Å². The van der Waals surface area contributed by atoms with Crippen molar-refractivity contribution in [2.24, 2.45) is 0 Å². The molecule has 110 valence electrons. The lowest BCUT2D eigenvalue weighted by Crippen LogP contribution is -2.18. The largest absolute Gasteiger partial charge is 0.486 e. The zero-order valence-electron chi connectivity index (χ0n) is 11.8. The summed E-state index contributed by atoms with van der Waals surface area (Å²) in [7, 11) is 0. The highest BCUT2D eigenvalue weighted by molar-refractivity contribution is 9.10. The number of rotatable bonds is 5. The summed E-state index contributed by atoms with van der Waals surface area (Å²) < 4.78 is 12.2. The van der Waals surface area contributed by atoms with E-state index in [1.165, 1.54) is 11.1 Å². The van der Waals surface area contributed by atoms with Gasteiger partial charge in [-0.25, -0.2) is 0 Å².